The number of ether oxygens (including phenoxy) is 3. The Hall–Kier alpha value is -3.22. The Balaban J connectivity index is 1.92. The minimum atomic E-state index is -0.736. The van der Waals surface area contributed by atoms with Crippen LogP contribution in [-0.4, -0.2) is 32.6 Å². The monoisotopic (exact) mass is 371 g/mol. The van der Waals surface area contributed by atoms with Crippen LogP contribution in [0.3, 0.4) is 0 Å². The standard InChI is InChI=1S/C20H25N3O4/c1-14-10-15(2)12-17(11-14)26-8-5-9-27-19-16(13-22-23-20(21)24)6-4-7-18(19)25-3/h4,6-7,10-13H,5,8-9H2,1-3H3,(H3,21,23,24)/b22-13-. The second kappa shape index (κ2) is 10.1. The molecule has 2 amide bonds. The molecule has 0 aliphatic carbocycles. The average molecular weight is 371 g/mol. The maximum Gasteiger partial charge on any atom is 0.332 e. The second-order valence-electron chi connectivity index (χ2n) is 5.99. The fraction of sp³-hybridized carbons (Fsp3) is 0.300. The fourth-order valence-electron chi connectivity index (χ4n) is 2.55. The molecular formula is C20H25N3O4. The first kappa shape index (κ1) is 20.1. The van der Waals surface area contributed by atoms with Crippen LogP contribution in [0.15, 0.2) is 41.5 Å². The van der Waals surface area contributed by atoms with Gasteiger partial charge in [0.2, 0.25) is 0 Å². The predicted octanol–water partition coefficient (Wildman–Crippen LogP) is 3.16. The number of nitrogens with two attached hydrogens (primary N) is 1. The molecule has 0 aromatic heterocycles. The van der Waals surface area contributed by atoms with E-state index < -0.39 is 6.03 Å². The smallest absolute Gasteiger partial charge is 0.332 e. The van der Waals surface area contributed by atoms with Crippen molar-refractivity contribution in [2.24, 2.45) is 10.8 Å². The molecule has 0 saturated heterocycles. The highest BCUT2D eigenvalue weighted by molar-refractivity contribution is 5.86. The Morgan fingerprint density at radius 3 is 2.52 bits per heavy atom. The van der Waals surface area contributed by atoms with Crippen LogP contribution >= 0.6 is 0 Å². The molecule has 0 aliphatic heterocycles. The molecule has 0 spiro atoms. The van der Waals surface area contributed by atoms with Gasteiger partial charge in [-0.05, 0) is 49.2 Å². The maximum absolute atomic E-state index is 10.7. The molecule has 3 N–H and O–H groups in total. The molecule has 2 rings (SSSR count). The summed E-state index contributed by atoms with van der Waals surface area (Å²) in [6.07, 6.45) is 2.15. The van der Waals surface area contributed by atoms with E-state index in [0.717, 1.165) is 5.75 Å². The van der Waals surface area contributed by atoms with Gasteiger partial charge in [0.1, 0.15) is 5.75 Å². The third kappa shape index (κ3) is 6.54. The molecule has 0 unspecified atom stereocenters. The number of carbonyl (C=O) groups excluding carboxylic acids is 1. The van der Waals surface area contributed by atoms with Gasteiger partial charge in [0, 0.05) is 12.0 Å². The number of benzene rings is 2. The van der Waals surface area contributed by atoms with Crippen LogP contribution in [0, 0.1) is 13.8 Å². The zero-order valence-corrected chi connectivity index (χ0v) is 15.8. The lowest BCUT2D eigenvalue weighted by atomic mass is 10.1. The predicted molar refractivity (Wildman–Crippen MR) is 105 cm³/mol. The van der Waals surface area contributed by atoms with Gasteiger partial charge in [-0.2, -0.15) is 5.10 Å². The Morgan fingerprint density at radius 2 is 1.85 bits per heavy atom. The molecule has 0 fully saturated rings. The van der Waals surface area contributed by atoms with Crippen molar-refractivity contribution in [3.8, 4) is 17.2 Å². The molecule has 0 radical (unpaired) electrons. The number of rotatable bonds is 9. The zero-order valence-electron chi connectivity index (χ0n) is 15.8. The van der Waals surface area contributed by atoms with E-state index in [1.165, 1.54) is 17.3 Å². The van der Waals surface area contributed by atoms with Crippen LogP contribution in [-0.2, 0) is 0 Å². The molecule has 7 nitrogen and oxygen atoms in total. The molecule has 0 aliphatic rings. The molecule has 0 atom stereocenters. The van der Waals surface area contributed by atoms with Crippen LogP contribution in [0.2, 0.25) is 0 Å². The van der Waals surface area contributed by atoms with E-state index in [2.05, 4.69) is 16.6 Å². The van der Waals surface area contributed by atoms with E-state index in [1.54, 1.807) is 25.3 Å². The van der Waals surface area contributed by atoms with Crippen LogP contribution in [0.5, 0.6) is 17.2 Å². The van der Waals surface area contributed by atoms with Crippen LogP contribution < -0.4 is 25.4 Å². The van der Waals surface area contributed by atoms with Gasteiger partial charge in [-0.1, -0.05) is 12.1 Å². The van der Waals surface area contributed by atoms with Crippen molar-refractivity contribution in [2.75, 3.05) is 20.3 Å². The third-order valence-electron chi connectivity index (χ3n) is 3.61. The van der Waals surface area contributed by atoms with Gasteiger partial charge in [-0.15, -0.1) is 0 Å². The molecular weight excluding hydrogens is 346 g/mol. The summed E-state index contributed by atoms with van der Waals surface area (Å²) in [6, 6.07) is 10.8. The van der Waals surface area contributed by atoms with Gasteiger partial charge in [0.05, 0.1) is 26.5 Å². The number of hydrogen-bond acceptors (Lipinski definition) is 5. The Kier molecular flexibility index (Phi) is 7.49. The summed E-state index contributed by atoms with van der Waals surface area (Å²) in [5.74, 6) is 1.98. The SMILES string of the molecule is COc1cccc(/C=N\NC(N)=O)c1OCCCOc1cc(C)cc(C)c1. The first-order chi connectivity index (χ1) is 13.0. The van der Waals surface area contributed by atoms with E-state index in [9.17, 15) is 4.79 Å². The second-order valence-corrected chi connectivity index (χ2v) is 5.99. The third-order valence-corrected chi connectivity index (χ3v) is 3.61. The number of para-hydroxylation sites is 1. The number of hydrazone groups is 1. The minimum absolute atomic E-state index is 0.440. The van der Waals surface area contributed by atoms with Crippen molar-refractivity contribution in [1.29, 1.82) is 0 Å². The van der Waals surface area contributed by atoms with Gasteiger partial charge >= 0.3 is 6.03 Å². The number of methoxy groups -OCH3 is 1. The van der Waals surface area contributed by atoms with Crippen molar-refractivity contribution in [3.05, 3.63) is 53.1 Å². The van der Waals surface area contributed by atoms with Crippen LogP contribution in [0.4, 0.5) is 4.79 Å². The highest BCUT2D eigenvalue weighted by Crippen LogP contribution is 2.30. The van der Waals surface area contributed by atoms with E-state index in [0.29, 0.717) is 36.7 Å². The summed E-state index contributed by atoms with van der Waals surface area (Å²) in [5, 5.41) is 3.77. The van der Waals surface area contributed by atoms with Gasteiger partial charge in [-0.3, -0.25) is 0 Å². The molecule has 144 valence electrons. The van der Waals surface area contributed by atoms with Gasteiger partial charge < -0.3 is 19.9 Å². The normalized spacial score (nSPS) is 10.6. The van der Waals surface area contributed by atoms with Gasteiger partial charge in [0.25, 0.3) is 0 Å². The molecule has 27 heavy (non-hydrogen) atoms. The molecule has 7 heteroatoms. The summed E-state index contributed by atoms with van der Waals surface area (Å²) in [6.45, 7) is 5.06. The molecule has 0 saturated carbocycles. The quantitative estimate of drug-likeness (QED) is 0.402. The minimum Gasteiger partial charge on any atom is -0.493 e. The van der Waals surface area contributed by atoms with Crippen molar-refractivity contribution in [2.45, 2.75) is 20.3 Å². The number of hydrogen-bond donors (Lipinski definition) is 2. The zero-order chi connectivity index (χ0) is 19.6. The average Bonchev–Trinajstić information content (AvgIpc) is 2.61. The van der Waals surface area contributed by atoms with Gasteiger partial charge in [-0.25, -0.2) is 10.2 Å². The summed E-state index contributed by atoms with van der Waals surface area (Å²) in [4.78, 5) is 10.7. The number of aryl methyl sites for hydroxylation is 2. The lowest BCUT2D eigenvalue weighted by Crippen LogP contribution is -2.24. The van der Waals surface area contributed by atoms with Gasteiger partial charge in [0.15, 0.2) is 11.5 Å². The fourth-order valence-corrected chi connectivity index (χ4v) is 2.55. The summed E-state index contributed by atoms with van der Waals surface area (Å²) in [7, 11) is 1.56. The Bertz CT molecular complexity index is 786. The lowest BCUT2D eigenvalue weighted by Gasteiger charge is -2.13. The Morgan fingerprint density at radius 1 is 1.15 bits per heavy atom. The highest BCUT2D eigenvalue weighted by atomic mass is 16.5. The van der Waals surface area contributed by atoms with Crippen molar-refractivity contribution < 1.29 is 19.0 Å². The van der Waals surface area contributed by atoms with Crippen molar-refractivity contribution in [1.82, 2.24) is 5.43 Å². The molecule has 0 bridgehead atoms. The van der Waals surface area contributed by atoms with E-state index in [4.69, 9.17) is 19.9 Å². The summed E-state index contributed by atoms with van der Waals surface area (Å²) >= 11 is 0. The van der Waals surface area contributed by atoms with Crippen molar-refractivity contribution in [3.63, 3.8) is 0 Å². The topological polar surface area (TPSA) is 95.2 Å². The number of primary amides is 1. The highest BCUT2D eigenvalue weighted by Gasteiger charge is 2.09. The number of nitrogens with zero attached hydrogens (tertiary/aromatic N) is 1. The summed E-state index contributed by atoms with van der Waals surface area (Å²) < 4.78 is 17.0. The summed E-state index contributed by atoms with van der Waals surface area (Å²) in [5.41, 5.74) is 10.2. The first-order valence-corrected chi connectivity index (χ1v) is 8.59. The van der Waals surface area contributed by atoms with E-state index in [-0.39, 0.29) is 0 Å². The van der Waals surface area contributed by atoms with Crippen LogP contribution in [0.25, 0.3) is 0 Å². The number of carbonyl (C=O) groups is 1. The maximum atomic E-state index is 10.7. The van der Waals surface area contributed by atoms with Crippen LogP contribution in [0.1, 0.15) is 23.1 Å². The number of nitrogens with one attached hydrogen (secondary N) is 1. The number of urea groups is 1. The Labute approximate surface area is 159 Å². The first-order valence-electron chi connectivity index (χ1n) is 8.59. The van der Waals surface area contributed by atoms with Crippen molar-refractivity contribution >= 4 is 12.2 Å². The van der Waals surface area contributed by atoms with E-state index >= 15 is 0 Å². The molecule has 2 aromatic rings. The number of amides is 2. The molecule has 0 heterocycles. The van der Waals surface area contributed by atoms with E-state index in [1.807, 2.05) is 26.0 Å². The molecule has 2 aromatic carbocycles. The largest absolute Gasteiger partial charge is 0.493 e. The lowest BCUT2D eigenvalue weighted by molar-refractivity contribution is 0.240.